The Morgan fingerprint density at radius 2 is 1.62 bits per heavy atom. The molecule has 0 radical (unpaired) electrons. The number of ketones is 2. The Morgan fingerprint density at radius 1 is 1.04 bits per heavy atom. The number of benzene rings is 1. The van der Waals surface area contributed by atoms with E-state index in [1.54, 1.807) is 6.08 Å². The number of hydrogen-bond acceptors (Lipinski definition) is 4. The molecule has 24 heavy (non-hydrogen) atoms. The largest absolute Gasteiger partial charge is 0.393 e. The van der Waals surface area contributed by atoms with Gasteiger partial charge in [0.2, 0.25) is 0 Å². The summed E-state index contributed by atoms with van der Waals surface area (Å²) >= 11 is 0. The van der Waals surface area contributed by atoms with Gasteiger partial charge in [-0.3, -0.25) is 9.59 Å². The maximum atomic E-state index is 13.2. The van der Waals surface area contributed by atoms with Crippen molar-refractivity contribution in [3.63, 3.8) is 0 Å². The molecule has 4 nitrogen and oxygen atoms in total. The van der Waals surface area contributed by atoms with Gasteiger partial charge in [-0.1, -0.05) is 29.8 Å². The molecule has 1 unspecified atom stereocenters. The second kappa shape index (κ2) is 4.64. The minimum absolute atomic E-state index is 0.0674. The average molecular weight is 326 g/mol. The normalized spacial score (nSPS) is 39.8. The third-order valence-corrected chi connectivity index (χ3v) is 6.04. The molecule has 1 aromatic carbocycles. The van der Waals surface area contributed by atoms with Crippen molar-refractivity contribution >= 4 is 11.6 Å². The number of carbonyl (C=O) groups is 2. The van der Waals surface area contributed by atoms with E-state index < -0.39 is 29.0 Å². The van der Waals surface area contributed by atoms with Gasteiger partial charge >= 0.3 is 0 Å². The van der Waals surface area contributed by atoms with Crippen molar-refractivity contribution in [2.24, 2.45) is 11.8 Å². The summed E-state index contributed by atoms with van der Waals surface area (Å²) in [4.78, 5) is 26.5. The molecule has 1 saturated heterocycles. The van der Waals surface area contributed by atoms with Crippen LogP contribution in [-0.2, 0) is 14.3 Å². The molecule has 5 atom stereocenters. The predicted octanol–water partition coefficient (Wildman–Crippen LogP) is 2.17. The van der Waals surface area contributed by atoms with E-state index in [4.69, 9.17) is 4.74 Å². The highest BCUT2D eigenvalue weighted by molar-refractivity contribution is 6.18. The summed E-state index contributed by atoms with van der Waals surface area (Å²) in [5.74, 6) is -2.01. The Labute approximate surface area is 141 Å². The fraction of sp³-hybridized carbons (Fsp3) is 0.500. The molecular formula is C20H22O4. The molecule has 0 aromatic heterocycles. The van der Waals surface area contributed by atoms with Gasteiger partial charge in [0.05, 0.1) is 24.0 Å². The Balaban J connectivity index is 1.86. The predicted molar refractivity (Wildman–Crippen MR) is 88.8 cm³/mol. The van der Waals surface area contributed by atoms with Crippen molar-refractivity contribution < 1.29 is 19.4 Å². The van der Waals surface area contributed by atoms with Crippen LogP contribution in [-0.4, -0.2) is 34.5 Å². The highest BCUT2D eigenvalue weighted by atomic mass is 16.5. The van der Waals surface area contributed by atoms with Crippen LogP contribution in [0.25, 0.3) is 0 Å². The van der Waals surface area contributed by atoms with Gasteiger partial charge in [0.1, 0.15) is 11.5 Å². The number of aliphatic hydroxyl groups excluding tert-OH is 1. The monoisotopic (exact) mass is 326 g/mol. The number of rotatable bonds is 2. The molecule has 126 valence electrons. The van der Waals surface area contributed by atoms with Gasteiger partial charge in [-0.15, -0.1) is 0 Å². The first kappa shape index (κ1) is 15.7. The van der Waals surface area contributed by atoms with Crippen LogP contribution >= 0.6 is 0 Å². The Kier molecular flexibility index (Phi) is 3.04. The van der Waals surface area contributed by atoms with Crippen molar-refractivity contribution in [2.45, 2.75) is 44.8 Å². The lowest BCUT2D eigenvalue weighted by Gasteiger charge is -2.26. The summed E-state index contributed by atoms with van der Waals surface area (Å²) < 4.78 is 5.97. The van der Waals surface area contributed by atoms with Crippen molar-refractivity contribution in [2.75, 3.05) is 6.61 Å². The fourth-order valence-electron chi connectivity index (χ4n) is 5.20. The van der Waals surface area contributed by atoms with Crippen LogP contribution in [0.1, 0.15) is 35.1 Å². The van der Waals surface area contributed by atoms with Crippen LogP contribution < -0.4 is 0 Å². The summed E-state index contributed by atoms with van der Waals surface area (Å²) in [5.41, 5.74) is 2.08. The number of aliphatic hydroxyl groups is 1. The number of aryl methyl sites for hydroxylation is 3. The number of carbonyl (C=O) groups excluding carboxylic acids is 2. The molecular weight excluding hydrogens is 304 g/mol. The van der Waals surface area contributed by atoms with Gasteiger partial charge in [-0.2, -0.15) is 0 Å². The smallest absolute Gasteiger partial charge is 0.155 e. The molecule has 2 heterocycles. The SMILES string of the molecule is Cc1cc(C)c(C2C(=O)[C@@H]3[C@H](C2=O)[C@@]2(CO)C=C[C@]3(C)O2)c(C)c1. The zero-order chi connectivity index (χ0) is 17.4. The van der Waals surface area contributed by atoms with Gasteiger partial charge in [0.15, 0.2) is 11.6 Å². The van der Waals surface area contributed by atoms with E-state index in [0.717, 1.165) is 22.3 Å². The van der Waals surface area contributed by atoms with Crippen molar-refractivity contribution in [1.29, 1.82) is 0 Å². The van der Waals surface area contributed by atoms with Crippen molar-refractivity contribution in [3.05, 3.63) is 46.5 Å². The number of hydrogen-bond donors (Lipinski definition) is 1. The lowest BCUT2D eigenvalue weighted by atomic mass is 9.73. The Hall–Kier alpha value is -1.78. The summed E-state index contributed by atoms with van der Waals surface area (Å²) in [6, 6.07) is 4.04. The first-order valence-corrected chi connectivity index (χ1v) is 8.41. The van der Waals surface area contributed by atoms with Crippen molar-refractivity contribution in [3.8, 4) is 0 Å². The van der Waals surface area contributed by atoms with Gasteiger partial charge in [-0.05, 0) is 44.4 Å². The first-order valence-electron chi connectivity index (χ1n) is 8.41. The third-order valence-electron chi connectivity index (χ3n) is 6.04. The highest BCUT2D eigenvalue weighted by Gasteiger charge is 2.72. The molecule has 3 aliphatic rings. The quantitative estimate of drug-likeness (QED) is 0.668. The molecule has 4 rings (SSSR count). The van der Waals surface area contributed by atoms with Crippen LogP contribution in [0.2, 0.25) is 0 Å². The molecule has 0 amide bonds. The summed E-state index contributed by atoms with van der Waals surface area (Å²) in [5, 5.41) is 9.87. The second-order valence-corrected chi connectivity index (χ2v) is 7.74. The lowest BCUT2D eigenvalue weighted by molar-refractivity contribution is -0.133. The van der Waals surface area contributed by atoms with E-state index in [9.17, 15) is 14.7 Å². The molecule has 1 aromatic rings. The van der Waals surface area contributed by atoms with E-state index in [1.165, 1.54) is 0 Å². The minimum Gasteiger partial charge on any atom is -0.393 e. The van der Waals surface area contributed by atoms with Crippen LogP contribution in [0.3, 0.4) is 0 Å². The number of fused-ring (bicyclic) bond motifs is 5. The molecule has 2 aliphatic heterocycles. The van der Waals surface area contributed by atoms with Gasteiger partial charge in [0.25, 0.3) is 0 Å². The Morgan fingerprint density at radius 3 is 2.21 bits per heavy atom. The van der Waals surface area contributed by atoms with Gasteiger partial charge in [-0.25, -0.2) is 0 Å². The molecule has 2 bridgehead atoms. The van der Waals surface area contributed by atoms with E-state index >= 15 is 0 Å². The van der Waals surface area contributed by atoms with E-state index in [0.29, 0.717) is 0 Å². The second-order valence-electron chi connectivity index (χ2n) is 7.74. The van der Waals surface area contributed by atoms with Crippen LogP contribution in [0, 0.1) is 32.6 Å². The Bertz CT molecular complexity index is 785. The maximum absolute atomic E-state index is 13.2. The van der Waals surface area contributed by atoms with Crippen LogP contribution in [0.4, 0.5) is 0 Å². The molecule has 1 aliphatic carbocycles. The minimum atomic E-state index is -1.03. The first-order chi connectivity index (χ1) is 11.2. The standard InChI is InChI=1S/C20H22O4/c1-10-7-11(2)13(12(3)8-10)14-17(22)15-16(18(14)23)20(9-21)6-5-19(15,4)24-20/h5-8,14-16,21H,9H2,1-4H3/t14?,15-,16+,19-,20-/m0/s1. The molecule has 2 fully saturated rings. The van der Waals surface area contributed by atoms with E-state index in [2.05, 4.69) is 0 Å². The van der Waals surface area contributed by atoms with E-state index in [-0.39, 0.29) is 18.2 Å². The average Bonchev–Trinajstić information content (AvgIpc) is 3.07. The van der Waals surface area contributed by atoms with E-state index in [1.807, 2.05) is 45.9 Å². The zero-order valence-electron chi connectivity index (χ0n) is 14.4. The van der Waals surface area contributed by atoms with Crippen molar-refractivity contribution in [1.82, 2.24) is 0 Å². The van der Waals surface area contributed by atoms with Gasteiger partial charge in [0, 0.05) is 0 Å². The zero-order valence-corrected chi connectivity index (χ0v) is 14.4. The third kappa shape index (κ3) is 1.70. The molecule has 0 spiro atoms. The molecule has 4 heteroatoms. The fourth-order valence-corrected chi connectivity index (χ4v) is 5.20. The lowest BCUT2D eigenvalue weighted by Crippen LogP contribution is -2.41. The number of ether oxygens (including phenoxy) is 1. The van der Waals surface area contributed by atoms with Crippen LogP contribution in [0.5, 0.6) is 0 Å². The van der Waals surface area contributed by atoms with Gasteiger partial charge < -0.3 is 9.84 Å². The topological polar surface area (TPSA) is 63.6 Å². The maximum Gasteiger partial charge on any atom is 0.155 e. The molecule has 1 saturated carbocycles. The summed E-state index contributed by atoms with van der Waals surface area (Å²) in [6.07, 6.45) is 3.61. The summed E-state index contributed by atoms with van der Waals surface area (Å²) in [6.45, 7) is 7.48. The molecule has 1 N–H and O–H groups in total. The highest BCUT2D eigenvalue weighted by Crippen LogP contribution is 2.59. The van der Waals surface area contributed by atoms with Crippen LogP contribution in [0.15, 0.2) is 24.3 Å². The number of Topliss-reactive ketones (excluding diaryl/α,β-unsaturated/α-hetero) is 2. The summed E-state index contributed by atoms with van der Waals surface area (Å²) in [7, 11) is 0.